The fraction of sp³-hybridized carbons (Fsp3) is 0.606. The number of hydrogen-bond donors (Lipinski definition) is 0. The minimum Gasteiger partial charge on any atom is -0.741 e. The summed E-state index contributed by atoms with van der Waals surface area (Å²) < 4.78 is 123. The Morgan fingerprint density at radius 3 is 1.47 bits per heavy atom. The Labute approximate surface area is 311 Å². The molecule has 0 fully saturated rings. The number of quaternary nitrogens is 1. The molecule has 9 nitrogen and oxygen atoms in total. The normalized spacial score (nSPS) is 11.6. The van der Waals surface area contributed by atoms with Crippen LogP contribution in [0.15, 0.2) is 73.3 Å². The first-order chi connectivity index (χ1) is 23.0. The Hall–Kier alpha value is -2.21. The molecular formula is C33H53F6FeN3O6S2. The summed E-state index contributed by atoms with van der Waals surface area (Å²) in [6.45, 7) is 7.95. The summed E-state index contributed by atoms with van der Waals surface area (Å²) in [5.74, 6) is 0. The summed E-state index contributed by atoms with van der Waals surface area (Å²) in [6, 6.07) is 18.8. The van der Waals surface area contributed by atoms with Crippen LogP contribution in [0.25, 0.3) is 0 Å². The fourth-order valence-electron chi connectivity index (χ4n) is 4.13. The van der Waals surface area contributed by atoms with Gasteiger partial charge in [-0.2, -0.15) is 62.7 Å². The van der Waals surface area contributed by atoms with Crippen molar-refractivity contribution in [3.63, 3.8) is 0 Å². The smallest absolute Gasteiger partial charge is 0.741 e. The van der Waals surface area contributed by atoms with E-state index in [4.69, 9.17) is 25.9 Å². The van der Waals surface area contributed by atoms with Crippen LogP contribution in [0, 0.1) is 0 Å². The van der Waals surface area contributed by atoms with Crippen molar-refractivity contribution >= 4 is 20.2 Å². The van der Waals surface area contributed by atoms with Crippen molar-refractivity contribution in [1.29, 1.82) is 0 Å². The summed E-state index contributed by atoms with van der Waals surface area (Å²) in [5, 5.41) is 0. The van der Waals surface area contributed by atoms with Gasteiger partial charge in [0.15, 0.2) is 20.2 Å². The molecule has 0 aliphatic rings. The zero-order valence-corrected chi connectivity index (χ0v) is 32.6. The van der Waals surface area contributed by atoms with Gasteiger partial charge in [-0.05, 0) is 19.8 Å². The topological polar surface area (TPSA) is 123 Å². The van der Waals surface area contributed by atoms with Crippen molar-refractivity contribution in [2.24, 2.45) is 7.05 Å². The van der Waals surface area contributed by atoms with Gasteiger partial charge < -0.3 is 13.6 Å². The maximum atomic E-state index is 10.7. The van der Waals surface area contributed by atoms with Gasteiger partial charge in [-0.25, -0.2) is 44.2 Å². The van der Waals surface area contributed by atoms with Crippen molar-refractivity contribution < 1.29 is 78.4 Å². The molecular weight excluding hydrogens is 768 g/mol. The van der Waals surface area contributed by atoms with Crippen molar-refractivity contribution in [2.45, 2.75) is 102 Å². The van der Waals surface area contributed by atoms with E-state index >= 15 is 0 Å². The van der Waals surface area contributed by atoms with E-state index in [1.54, 1.807) is 0 Å². The average molecular weight is 822 g/mol. The number of hydrogen-bond acceptors (Lipinski definition) is 6. The molecule has 3 rings (SSSR count). The number of nitrogens with zero attached hydrogens (tertiary/aromatic N) is 3. The molecule has 0 radical (unpaired) electrons. The van der Waals surface area contributed by atoms with Gasteiger partial charge in [0.1, 0.15) is 12.4 Å². The second-order valence-corrected chi connectivity index (χ2v) is 14.7. The van der Waals surface area contributed by atoms with Crippen LogP contribution in [0.4, 0.5) is 26.3 Å². The molecule has 0 unspecified atom stereocenters. The maximum Gasteiger partial charge on any atom is 2.00 e. The Balaban J connectivity index is -0.000000634. The zero-order valence-electron chi connectivity index (χ0n) is 29.8. The standard InChI is InChI=1S/C20H37N.C6H11N2.C5H5.2CHF3O3S.Fe/c1-4-5-6-7-8-9-10-11-12-15-18-21(2,3)19-20-16-13-14-17-20;1-3-8-5-4-7(2)6-8;1-2-4-5-3-1;2*2-1(3,4)8(5,6)7;/h13-14,16-17H,4-12,15,18-19H2,1-3H3;4-6H,3H2,1-2H3;1-5H;2*(H,5,6,7);/q;+1;-1;;;+2/p-2. The number of alkyl halides is 6. The monoisotopic (exact) mass is 821 g/mol. The zero-order chi connectivity index (χ0) is 38.9. The van der Waals surface area contributed by atoms with Gasteiger partial charge in [-0.15, -0.1) is 5.56 Å². The van der Waals surface area contributed by atoms with Crippen molar-refractivity contribution in [3.05, 3.63) is 78.9 Å². The van der Waals surface area contributed by atoms with Gasteiger partial charge in [-0.1, -0.05) is 58.3 Å². The van der Waals surface area contributed by atoms with Gasteiger partial charge in [0.2, 0.25) is 6.33 Å². The molecule has 0 bridgehead atoms. The van der Waals surface area contributed by atoms with E-state index in [0.717, 1.165) is 11.0 Å². The predicted molar refractivity (Wildman–Crippen MR) is 179 cm³/mol. The van der Waals surface area contributed by atoms with Crippen LogP contribution < -0.4 is 4.57 Å². The van der Waals surface area contributed by atoms with Crippen LogP contribution in [-0.4, -0.2) is 66.6 Å². The molecule has 0 spiro atoms. The number of unbranched alkanes of at least 4 members (excludes halogenated alkanes) is 9. The summed E-state index contributed by atoms with van der Waals surface area (Å²) in [7, 11) is -5.44. The van der Waals surface area contributed by atoms with Crippen LogP contribution in [0.3, 0.4) is 0 Å². The van der Waals surface area contributed by atoms with Crippen LogP contribution >= 0.6 is 0 Å². The first kappa shape index (κ1) is 53.1. The van der Waals surface area contributed by atoms with Crippen LogP contribution in [0.1, 0.15) is 83.6 Å². The number of imidazole rings is 1. The third-order valence-corrected chi connectivity index (χ3v) is 7.90. The number of rotatable bonds is 14. The summed E-state index contributed by atoms with van der Waals surface area (Å²) in [6.07, 6.45) is 20.4. The van der Waals surface area contributed by atoms with Crippen molar-refractivity contribution in [1.82, 2.24) is 4.57 Å². The van der Waals surface area contributed by atoms with Crippen LogP contribution in [0.5, 0.6) is 0 Å². The van der Waals surface area contributed by atoms with Crippen molar-refractivity contribution in [3.8, 4) is 0 Å². The van der Waals surface area contributed by atoms with Gasteiger partial charge in [-0.3, -0.25) is 0 Å². The Bertz CT molecular complexity index is 1370. The minimum absolute atomic E-state index is 0. The molecule has 1 heterocycles. The maximum absolute atomic E-state index is 10.7. The SMILES string of the molecule is CCCCCCCCCCCC[N+](C)(C)Cc1cc[cH-]c1.CCn1cc[n+](C)c1.O=S(=O)([O-])C(F)(F)F.O=S(=O)([O-])C(F)(F)F.[Fe+2].c1cc[cH-]c1. The van der Waals surface area contributed by atoms with E-state index in [0.29, 0.717) is 0 Å². The quantitative estimate of drug-likeness (QED) is 0.0240. The number of aromatic nitrogens is 2. The van der Waals surface area contributed by atoms with Crippen LogP contribution in [0.2, 0.25) is 0 Å². The first-order valence-electron chi connectivity index (χ1n) is 16.2. The molecule has 0 aliphatic carbocycles. The fourth-order valence-corrected chi connectivity index (χ4v) is 4.13. The molecule has 0 amide bonds. The molecule has 2 aromatic carbocycles. The van der Waals surface area contributed by atoms with Crippen LogP contribution in [-0.2, 0) is 57.4 Å². The van der Waals surface area contributed by atoms with E-state index in [9.17, 15) is 26.3 Å². The molecule has 1 aromatic heterocycles. The molecule has 3 aromatic rings. The summed E-state index contributed by atoms with van der Waals surface area (Å²) in [4.78, 5) is 0. The van der Waals surface area contributed by atoms with Gasteiger partial charge in [0, 0.05) is 0 Å². The molecule has 0 atom stereocenters. The molecule has 0 saturated carbocycles. The third-order valence-electron chi connectivity index (χ3n) is 6.77. The van der Waals surface area contributed by atoms with E-state index in [1.165, 1.54) is 82.9 Å². The molecule has 298 valence electrons. The number of halogens is 6. The van der Waals surface area contributed by atoms with Gasteiger partial charge in [0.05, 0.1) is 40.8 Å². The molecule has 0 saturated heterocycles. The average Bonchev–Trinajstić information content (AvgIpc) is 3.78. The predicted octanol–water partition coefficient (Wildman–Crippen LogP) is 7.74. The second-order valence-electron chi connectivity index (χ2n) is 12.0. The molecule has 0 aliphatic heterocycles. The van der Waals surface area contributed by atoms with E-state index in [2.05, 4.69) is 69.3 Å². The Morgan fingerprint density at radius 1 is 0.765 bits per heavy atom. The van der Waals surface area contributed by atoms with E-state index < -0.39 is 31.3 Å². The molecule has 0 N–H and O–H groups in total. The van der Waals surface area contributed by atoms with Gasteiger partial charge in [0.25, 0.3) is 0 Å². The van der Waals surface area contributed by atoms with E-state index in [-0.39, 0.29) is 17.1 Å². The third kappa shape index (κ3) is 31.1. The number of aryl methyl sites for hydroxylation is 2. The van der Waals surface area contributed by atoms with Gasteiger partial charge >= 0.3 is 28.1 Å². The van der Waals surface area contributed by atoms with E-state index in [1.807, 2.05) is 48.1 Å². The summed E-state index contributed by atoms with van der Waals surface area (Å²) >= 11 is 0. The Kier molecular flexibility index (Phi) is 28.6. The minimum atomic E-state index is -6.09. The second kappa shape index (κ2) is 27.4. The first-order valence-corrected chi connectivity index (χ1v) is 19.0. The molecule has 18 heteroatoms. The summed E-state index contributed by atoms with van der Waals surface area (Å²) in [5.41, 5.74) is -9.81. The Morgan fingerprint density at radius 2 is 1.20 bits per heavy atom. The van der Waals surface area contributed by atoms with Crippen molar-refractivity contribution in [2.75, 3.05) is 20.6 Å². The largest absolute Gasteiger partial charge is 2.00 e. The molecule has 51 heavy (non-hydrogen) atoms.